The van der Waals surface area contributed by atoms with Crippen LogP contribution in [0.2, 0.25) is 0 Å². The van der Waals surface area contributed by atoms with Crippen molar-refractivity contribution in [2.24, 2.45) is 4.99 Å². The van der Waals surface area contributed by atoms with Crippen LogP contribution in [0.15, 0.2) is 4.99 Å². The molecule has 0 spiro atoms. The summed E-state index contributed by atoms with van der Waals surface area (Å²) in [6, 6.07) is -1.95. The number of nitrogens with one attached hydrogen (secondary N) is 1. The molecule has 0 radical (unpaired) electrons. The molecule has 3 aliphatic heterocycles. The molecule has 3 aliphatic rings. The molecule has 10 nitrogen and oxygen atoms in total. The lowest BCUT2D eigenvalue weighted by atomic mass is 10.0. The Morgan fingerprint density at radius 3 is 2.65 bits per heavy atom. The average Bonchev–Trinajstić information content (AvgIpc) is 2.72. The molecule has 0 aromatic carbocycles. The number of amides is 2. The van der Waals surface area contributed by atoms with E-state index in [-0.39, 0.29) is 18.5 Å². The number of aliphatic imine (C=N–C) groups is 1. The smallest absolute Gasteiger partial charge is 0.418 e. The number of hydroxylamine groups is 2. The molecule has 3 rings (SSSR count). The molecule has 3 heterocycles. The SMILES string of the molecule is O=C1N2C[C@@H](CC[C@H]2C([O-])=NC2CCNCC2)N1OS(=O)(=O)O. The zero-order chi connectivity index (χ0) is 16.6. The molecule has 0 aromatic rings. The van der Waals surface area contributed by atoms with Crippen LogP contribution < -0.4 is 10.4 Å². The van der Waals surface area contributed by atoms with Crippen LogP contribution in [0.4, 0.5) is 4.79 Å². The molecule has 130 valence electrons. The van der Waals surface area contributed by atoms with Crippen LogP contribution in [0, 0.1) is 0 Å². The van der Waals surface area contributed by atoms with Gasteiger partial charge in [0.1, 0.15) is 0 Å². The molecule has 0 unspecified atom stereocenters. The maximum atomic E-state index is 12.4. The van der Waals surface area contributed by atoms with Crippen molar-refractivity contribution in [3.05, 3.63) is 0 Å². The molecule has 0 aromatic heterocycles. The first-order chi connectivity index (χ1) is 10.8. The predicted molar refractivity (Wildman–Crippen MR) is 76.7 cm³/mol. The van der Waals surface area contributed by atoms with E-state index in [4.69, 9.17) is 4.55 Å². The highest BCUT2D eigenvalue weighted by atomic mass is 32.3. The maximum Gasteiger partial charge on any atom is 0.418 e. The van der Waals surface area contributed by atoms with Crippen molar-refractivity contribution >= 4 is 22.3 Å². The minimum absolute atomic E-state index is 0.0376. The van der Waals surface area contributed by atoms with Crippen LogP contribution >= 0.6 is 0 Å². The lowest BCUT2D eigenvalue weighted by molar-refractivity contribution is -0.225. The second kappa shape index (κ2) is 6.23. The Bertz CT molecular complexity index is 603. The highest BCUT2D eigenvalue weighted by molar-refractivity contribution is 7.80. The summed E-state index contributed by atoms with van der Waals surface area (Å²) in [7, 11) is -4.78. The van der Waals surface area contributed by atoms with Gasteiger partial charge in [0.15, 0.2) is 0 Å². The lowest BCUT2D eigenvalue weighted by Gasteiger charge is -2.35. The molecule has 2 atom stereocenters. The first-order valence-electron chi connectivity index (χ1n) is 7.57. The number of nitrogens with zero attached hydrogens (tertiary/aromatic N) is 3. The van der Waals surface area contributed by atoms with Crippen molar-refractivity contribution in [2.75, 3.05) is 19.6 Å². The Balaban J connectivity index is 1.71. The normalized spacial score (nSPS) is 30.1. The van der Waals surface area contributed by atoms with Crippen LogP contribution in [-0.4, -0.2) is 72.6 Å². The fraction of sp³-hybridized carbons (Fsp3) is 0.833. The van der Waals surface area contributed by atoms with Crippen LogP contribution in [0.25, 0.3) is 0 Å². The topological polar surface area (TPSA) is 135 Å². The zero-order valence-corrected chi connectivity index (χ0v) is 13.2. The minimum Gasteiger partial charge on any atom is -0.861 e. The van der Waals surface area contributed by atoms with Gasteiger partial charge in [0.05, 0.1) is 18.1 Å². The summed E-state index contributed by atoms with van der Waals surface area (Å²) < 4.78 is 34.7. The molecule has 0 aliphatic carbocycles. The second-order valence-corrected chi connectivity index (χ2v) is 6.96. The van der Waals surface area contributed by atoms with Gasteiger partial charge in [0.2, 0.25) is 0 Å². The molecule has 2 amide bonds. The Morgan fingerprint density at radius 2 is 2.00 bits per heavy atom. The van der Waals surface area contributed by atoms with Gasteiger partial charge in [0.25, 0.3) is 0 Å². The molecular formula is C12H19N4O6S-. The monoisotopic (exact) mass is 347 g/mol. The quantitative estimate of drug-likeness (QED) is 0.359. The van der Waals surface area contributed by atoms with Crippen LogP contribution in [-0.2, 0) is 14.7 Å². The molecule has 0 saturated carbocycles. The van der Waals surface area contributed by atoms with Gasteiger partial charge in [-0.1, -0.05) is 0 Å². The second-order valence-electron chi connectivity index (χ2n) is 5.96. The van der Waals surface area contributed by atoms with E-state index in [1.807, 2.05) is 0 Å². The average molecular weight is 347 g/mol. The largest absolute Gasteiger partial charge is 0.861 e. The van der Waals surface area contributed by atoms with Crippen LogP contribution in [0.1, 0.15) is 25.7 Å². The molecule has 3 fully saturated rings. The summed E-state index contributed by atoms with van der Waals surface area (Å²) in [5.74, 6) is -0.350. The van der Waals surface area contributed by atoms with Crippen molar-refractivity contribution < 1.29 is 27.2 Å². The van der Waals surface area contributed by atoms with E-state index in [2.05, 4.69) is 14.6 Å². The summed E-state index contributed by atoms with van der Waals surface area (Å²) in [4.78, 5) is 17.7. The van der Waals surface area contributed by atoms with Gasteiger partial charge in [-0.3, -0.25) is 9.55 Å². The molecule has 3 saturated heterocycles. The third-order valence-electron chi connectivity index (χ3n) is 4.40. The van der Waals surface area contributed by atoms with Crippen molar-refractivity contribution in [2.45, 2.75) is 43.8 Å². The van der Waals surface area contributed by atoms with E-state index in [0.717, 1.165) is 25.9 Å². The third kappa shape index (κ3) is 3.57. The molecule has 2 N–H and O–H groups in total. The van der Waals surface area contributed by atoms with Gasteiger partial charge in [-0.05, 0) is 44.7 Å². The van der Waals surface area contributed by atoms with Gasteiger partial charge >= 0.3 is 16.4 Å². The van der Waals surface area contributed by atoms with Crippen molar-refractivity contribution in [1.29, 1.82) is 0 Å². The Labute approximate surface area is 134 Å². The van der Waals surface area contributed by atoms with Crippen molar-refractivity contribution in [1.82, 2.24) is 15.3 Å². The number of rotatable bonds is 4. The fourth-order valence-corrected chi connectivity index (χ4v) is 3.68. The zero-order valence-electron chi connectivity index (χ0n) is 12.4. The number of carbonyl (C=O) groups is 1. The van der Waals surface area contributed by atoms with E-state index in [0.29, 0.717) is 17.9 Å². The number of piperidine rings is 2. The Morgan fingerprint density at radius 1 is 1.30 bits per heavy atom. The first-order valence-corrected chi connectivity index (χ1v) is 8.94. The van der Waals surface area contributed by atoms with Gasteiger partial charge in [-0.2, -0.15) is 13.5 Å². The number of hydrogen-bond donors (Lipinski definition) is 2. The Kier molecular flexibility index (Phi) is 4.45. The molecular weight excluding hydrogens is 328 g/mol. The van der Waals surface area contributed by atoms with Gasteiger partial charge in [-0.15, -0.1) is 4.28 Å². The summed E-state index contributed by atoms with van der Waals surface area (Å²) in [6.07, 6.45) is 2.38. The lowest BCUT2D eigenvalue weighted by Crippen LogP contribution is -2.50. The highest BCUT2D eigenvalue weighted by Gasteiger charge is 2.47. The fourth-order valence-electron chi connectivity index (χ4n) is 3.29. The van der Waals surface area contributed by atoms with E-state index < -0.39 is 28.5 Å². The first kappa shape index (κ1) is 16.4. The van der Waals surface area contributed by atoms with Crippen LogP contribution in [0.3, 0.4) is 0 Å². The standard InChI is InChI=1S/C12H20N4O6S/c17-11(14-8-3-5-13-6-4-8)10-2-1-9-7-15(10)12(18)16(9)22-23(19,20)21/h8-10,13H,1-7H2,(H,14,17)(H,19,20,21)/p-1/t9-,10+/m1/s1. The van der Waals surface area contributed by atoms with Crippen molar-refractivity contribution in [3.63, 3.8) is 0 Å². The van der Waals surface area contributed by atoms with Gasteiger partial charge < -0.3 is 15.3 Å². The van der Waals surface area contributed by atoms with E-state index in [9.17, 15) is 18.3 Å². The Hall–Kier alpha value is -1.43. The van der Waals surface area contributed by atoms with E-state index >= 15 is 0 Å². The summed E-state index contributed by atoms with van der Waals surface area (Å²) in [6.45, 7) is 1.81. The highest BCUT2D eigenvalue weighted by Crippen LogP contribution is 2.30. The molecule has 23 heavy (non-hydrogen) atoms. The number of carbonyl (C=O) groups excluding carboxylic acids is 1. The molecule has 11 heteroatoms. The molecule has 2 bridgehead atoms. The van der Waals surface area contributed by atoms with Gasteiger partial charge in [-0.25, -0.2) is 4.79 Å². The minimum atomic E-state index is -4.78. The van der Waals surface area contributed by atoms with Gasteiger partial charge in [0, 0.05) is 6.54 Å². The van der Waals surface area contributed by atoms with Crippen molar-refractivity contribution in [3.8, 4) is 0 Å². The van der Waals surface area contributed by atoms with E-state index in [1.165, 1.54) is 4.90 Å². The maximum absolute atomic E-state index is 12.4. The number of urea groups is 1. The predicted octanol–water partition coefficient (Wildman–Crippen LogP) is -1.50. The third-order valence-corrected chi connectivity index (χ3v) is 4.75. The summed E-state index contributed by atoms with van der Waals surface area (Å²) >= 11 is 0. The number of fused-ring (bicyclic) bond motifs is 2. The number of hydrogen-bond acceptors (Lipinski definition) is 7. The van der Waals surface area contributed by atoms with Crippen LogP contribution in [0.5, 0.6) is 0 Å². The van der Waals surface area contributed by atoms with E-state index in [1.54, 1.807) is 0 Å². The summed E-state index contributed by atoms with van der Waals surface area (Å²) in [5.41, 5.74) is 0. The summed E-state index contributed by atoms with van der Waals surface area (Å²) in [5, 5.41) is 16.2.